The van der Waals surface area contributed by atoms with Gasteiger partial charge in [0.15, 0.2) is 0 Å². The van der Waals surface area contributed by atoms with Crippen molar-refractivity contribution >= 4 is 23.3 Å². The van der Waals surface area contributed by atoms with Crippen LogP contribution >= 0.6 is 11.5 Å². The summed E-state index contributed by atoms with van der Waals surface area (Å²) in [5, 5.41) is 3.73. The van der Waals surface area contributed by atoms with Gasteiger partial charge in [0.05, 0.1) is 5.69 Å². The standard InChI is InChI=1S/C12H12N4O2S/c1-7-3-5-9(6-4-7)11(17)14-15-12(18)10-8(2)13-16-19-10/h3-6H,1-2H3,(H,14,17)(H,15,18). The number of hydrogen-bond acceptors (Lipinski definition) is 5. The molecule has 0 saturated heterocycles. The number of carbonyl (C=O) groups is 2. The molecule has 0 radical (unpaired) electrons. The van der Waals surface area contributed by atoms with Crippen molar-refractivity contribution < 1.29 is 9.59 Å². The van der Waals surface area contributed by atoms with E-state index in [2.05, 4.69) is 20.4 Å². The third kappa shape index (κ3) is 3.14. The zero-order chi connectivity index (χ0) is 13.8. The molecule has 0 aliphatic heterocycles. The lowest BCUT2D eigenvalue weighted by molar-refractivity contribution is 0.0848. The molecule has 1 aromatic heterocycles. The van der Waals surface area contributed by atoms with Crippen LogP contribution in [0.1, 0.15) is 31.3 Å². The molecular weight excluding hydrogens is 264 g/mol. The van der Waals surface area contributed by atoms with Gasteiger partial charge in [-0.05, 0) is 37.5 Å². The summed E-state index contributed by atoms with van der Waals surface area (Å²) in [4.78, 5) is 23.9. The van der Waals surface area contributed by atoms with Gasteiger partial charge in [-0.2, -0.15) is 0 Å². The van der Waals surface area contributed by atoms with Gasteiger partial charge in [-0.1, -0.05) is 22.2 Å². The molecule has 0 saturated carbocycles. The minimum Gasteiger partial charge on any atom is -0.267 e. The number of hydrazine groups is 1. The van der Waals surface area contributed by atoms with Crippen molar-refractivity contribution in [3.63, 3.8) is 0 Å². The van der Waals surface area contributed by atoms with Crippen LogP contribution in [0.4, 0.5) is 0 Å². The summed E-state index contributed by atoms with van der Waals surface area (Å²) >= 11 is 0.983. The maximum Gasteiger partial charge on any atom is 0.283 e. The molecule has 19 heavy (non-hydrogen) atoms. The number of nitrogens with zero attached hydrogens (tertiary/aromatic N) is 2. The molecule has 2 aromatic rings. The van der Waals surface area contributed by atoms with Crippen LogP contribution in [0.5, 0.6) is 0 Å². The number of amides is 2. The van der Waals surface area contributed by atoms with E-state index in [-0.39, 0.29) is 5.91 Å². The van der Waals surface area contributed by atoms with Gasteiger partial charge >= 0.3 is 0 Å². The molecular formula is C12H12N4O2S. The van der Waals surface area contributed by atoms with Crippen LogP contribution in [0.3, 0.4) is 0 Å². The minimum absolute atomic E-state index is 0.372. The first-order chi connectivity index (χ1) is 9.08. The van der Waals surface area contributed by atoms with Crippen LogP contribution in [0, 0.1) is 13.8 Å². The maximum absolute atomic E-state index is 11.8. The number of aromatic nitrogens is 2. The average molecular weight is 276 g/mol. The van der Waals surface area contributed by atoms with Gasteiger partial charge in [0.25, 0.3) is 11.8 Å². The van der Waals surface area contributed by atoms with Crippen molar-refractivity contribution in [3.05, 3.63) is 46.0 Å². The van der Waals surface area contributed by atoms with E-state index in [1.54, 1.807) is 19.1 Å². The van der Waals surface area contributed by atoms with Crippen molar-refractivity contribution in [3.8, 4) is 0 Å². The van der Waals surface area contributed by atoms with Gasteiger partial charge in [0, 0.05) is 5.56 Å². The molecule has 98 valence electrons. The maximum atomic E-state index is 11.8. The fraction of sp³-hybridized carbons (Fsp3) is 0.167. The number of nitrogens with one attached hydrogen (secondary N) is 2. The van der Waals surface area contributed by atoms with Crippen molar-refractivity contribution in [2.75, 3.05) is 0 Å². The lowest BCUT2D eigenvalue weighted by Gasteiger charge is -2.06. The third-order valence-electron chi connectivity index (χ3n) is 2.46. The third-order valence-corrected chi connectivity index (χ3v) is 3.29. The fourth-order valence-corrected chi connectivity index (χ4v) is 1.94. The number of carbonyl (C=O) groups excluding carboxylic acids is 2. The monoisotopic (exact) mass is 276 g/mol. The molecule has 1 aromatic carbocycles. The molecule has 0 unspecified atom stereocenters. The summed E-state index contributed by atoms with van der Waals surface area (Å²) in [6, 6.07) is 7.04. The van der Waals surface area contributed by atoms with Crippen LogP contribution in [0.25, 0.3) is 0 Å². The molecule has 0 bridgehead atoms. The smallest absolute Gasteiger partial charge is 0.267 e. The molecule has 2 N–H and O–H groups in total. The first-order valence-electron chi connectivity index (χ1n) is 5.54. The van der Waals surface area contributed by atoms with Crippen molar-refractivity contribution in [1.82, 2.24) is 20.4 Å². The van der Waals surface area contributed by atoms with E-state index in [1.807, 2.05) is 19.1 Å². The Labute approximate surface area is 114 Å². The highest BCUT2D eigenvalue weighted by Gasteiger charge is 2.14. The first kappa shape index (κ1) is 13.2. The van der Waals surface area contributed by atoms with Gasteiger partial charge in [-0.15, -0.1) is 5.10 Å². The highest BCUT2D eigenvalue weighted by molar-refractivity contribution is 7.07. The van der Waals surface area contributed by atoms with Crippen molar-refractivity contribution in [2.45, 2.75) is 13.8 Å². The van der Waals surface area contributed by atoms with Gasteiger partial charge in [0.2, 0.25) is 0 Å². The number of hydrogen-bond donors (Lipinski definition) is 2. The van der Waals surface area contributed by atoms with Crippen LogP contribution < -0.4 is 10.9 Å². The van der Waals surface area contributed by atoms with E-state index in [0.717, 1.165) is 17.1 Å². The Bertz CT molecular complexity index is 606. The summed E-state index contributed by atoms with van der Waals surface area (Å²) in [6.07, 6.45) is 0. The molecule has 2 amide bonds. The van der Waals surface area contributed by atoms with Crippen molar-refractivity contribution in [2.24, 2.45) is 0 Å². The predicted molar refractivity (Wildman–Crippen MR) is 70.8 cm³/mol. The molecule has 0 aliphatic carbocycles. The highest BCUT2D eigenvalue weighted by Crippen LogP contribution is 2.08. The zero-order valence-corrected chi connectivity index (χ0v) is 11.2. The zero-order valence-electron chi connectivity index (χ0n) is 10.4. The van der Waals surface area contributed by atoms with Crippen LogP contribution in [0.15, 0.2) is 24.3 Å². The summed E-state index contributed by atoms with van der Waals surface area (Å²) < 4.78 is 3.66. The normalized spacial score (nSPS) is 10.0. The molecule has 2 rings (SSSR count). The topological polar surface area (TPSA) is 84.0 Å². The SMILES string of the molecule is Cc1ccc(C(=O)NNC(=O)c2snnc2C)cc1. The van der Waals surface area contributed by atoms with Gasteiger partial charge < -0.3 is 0 Å². The predicted octanol–water partition coefficient (Wildman–Crippen LogP) is 1.23. The summed E-state index contributed by atoms with van der Waals surface area (Å²) in [7, 11) is 0. The summed E-state index contributed by atoms with van der Waals surface area (Å²) in [6.45, 7) is 3.61. The molecule has 6 nitrogen and oxygen atoms in total. The molecule has 7 heteroatoms. The Balaban J connectivity index is 1.96. The Kier molecular flexibility index (Phi) is 3.86. The molecule has 0 atom stereocenters. The quantitative estimate of drug-likeness (QED) is 0.808. The second-order valence-corrected chi connectivity index (χ2v) is 4.72. The molecule has 0 aliphatic rings. The average Bonchev–Trinajstić information content (AvgIpc) is 2.83. The van der Waals surface area contributed by atoms with E-state index >= 15 is 0 Å². The number of aryl methyl sites for hydroxylation is 2. The number of benzene rings is 1. The fourth-order valence-electron chi connectivity index (χ4n) is 1.39. The van der Waals surface area contributed by atoms with Crippen LogP contribution in [-0.2, 0) is 0 Å². The highest BCUT2D eigenvalue weighted by atomic mass is 32.1. The lowest BCUT2D eigenvalue weighted by atomic mass is 10.1. The van der Waals surface area contributed by atoms with Gasteiger partial charge in [-0.3, -0.25) is 20.4 Å². The Morgan fingerprint density at radius 3 is 2.26 bits per heavy atom. The second-order valence-electron chi connectivity index (χ2n) is 3.96. The summed E-state index contributed by atoms with van der Waals surface area (Å²) in [5.41, 5.74) is 6.75. The lowest BCUT2D eigenvalue weighted by Crippen LogP contribution is -2.41. The largest absolute Gasteiger partial charge is 0.283 e. The Hall–Kier alpha value is -2.28. The van der Waals surface area contributed by atoms with Crippen LogP contribution in [-0.4, -0.2) is 21.4 Å². The van der Waals surface area contributed by atoms with E-state index in [0.29, 0.717) is 16.1 Å². The Morgan fingerprint density at radius 1 is 1.05 bits per heavy atom. The van der Waals surface area contributed by atoms with E-state index in [1.165, 1.54) is 0 Å². The number of rotatable bonds is 2. The van der Waals surface area contributed by atoms with Crippen molar-refractivity contribution in [1.29, 1.82) is 0 Å². The van der Waals surface area contributed by atoms with Gasteiger partial charge in [-0.25, -0.2) is 0 Å². The van der Waals surface area contributed by atoms with E-state index in [4.69, 9.17) is 0 Å². The van der Waals surface area contributed by atoms with E-state index < -0.39 is 5.91 Å². The Morgan fingerprint density at radius 2 is 1.68 bits per heavy atom. The summed E-state index contributed by atoms with van der Waals surface area (Å²) in [5.74, 6) is -0.795. The van der Waals surface area contributed by atoms with E-state index in [9.17, 15) is 9.59 Å². The minimum atomic E-state index is -0.423. The second kappa shape index (κ2) is 5.57. The molecule has 0 spiro atoms. The molecule has 0 fully saturated rings. The first-order valence-corrected chi connectivity index (χ1v) is 6.31. The van der Waals surface area contributed by atoms with Gasteiger partial charge in [0.1, 0.15) is 4.88 Å². The molecule has 1 heterocycles. The van der Waals surface area contributed by atoms with Crippen LogP contribution in [0.2, 0.25) is 0 Å².